The van der Waals surface area contributed by atoms with E-state index in [4.69, 9.17) is 18.6 Å². The molecule has 0 radical (unpaired) electrons. The summed E-state index contributed by atoms with van der Waals surface area (Å²) >= 11 is 0. The molecule has 0 unspecified atom stereocenters. The first-order valence-electron chi connectivity index (χ1n) is 6.95. The first-order chi connectivity index (χ1) is 9.66. The number of ether oxygens (including phenoxy) is 3. The molecule has 0 aromatic rings. The molecule has 1 heterocycles. The maximum absolute atomic E-state index is 12.1. The van der Waals surface area contributed by atoms with Gasteiger partial charge in [0.25, 0.3) is 0 Å². The summed E-state index contributed by atoms with van der Waals surface area (Å²) in [6.45, 7) is 7.93. The van der Waals surface area contributed by atoms with Gasteiger partial charge in [-0.3, -0.25) is 0 Å². The van der Waals surface area contributed by atoms with Gasteiger partial charge in [0.15, 0.2) is 8.32 Å². The van der Waals surface area contributed by atoms with Crippen LogP contribution in [-0.2, 0) is 28.2 Å². The minimum absolute atomic E-state index is 0.104. The van der Waals surface area contributed by atoms with Crippen LogP contribution < -0.4 is 0 Å². The molecular formula is C14H22O6Si. The van der Waals surface area contributed by atoms with Gasteiger partial charge in [-0.2, -0.15) is 0 Å². The highest BCUT2D eigenvalue weighted by atomic mass is 28.4. The van der Waals surface area contributed by atoms with Crippen LogP contribution in [0, 0.1) is 5.92 Å². The Bertz CT molecular complexity index is 506. The lowest BCUT2D eigenvalue weighted by molar-refractivity contribution is -0.190. The van der Waals surface area contributed by atoms with E-state index in [1.54, 1.807) is 0 Å². The van der Waals surface area contributed by atoms with Crippen molar-refractivity contribution in [3.8, 4) is 0 Å². The van der Waals surface area contributed by atoms with Crippen molar-refractivity contribution in [3.05, 3.63) is 11.1 Å². The average molecular weight is 314 g/mol. The third-order valence-corrected chi connectivity index (χ3v) is 4.54. The van der Waals surface area contributed by atoms with Crippen LogP contribution in [0.1, 0.15) is 13.3 Å². The third kappa shape index (κ3) is 2.54. The van der Waals surface area contributed by atoms with Crippen LogP contribution in [0.25, 0.3) is 0 Å². The van der Waals surface area contributed by atoms with E-state index in [0.29, 0.717) is 12.0 Å². The summed E-state index contributed by atoms with van der Waals surface area (Å²) < 4.78 is 21.7. The Morgan fingerprint density at radius 1 is 1.19 bits per heavy atom. The molecule has 2 rings (SSSR count). The third-order valence-electron chi connectivity index (χ3n) is 3.62. The van der Waals surface area contributed by atoms with Crippen molar-refractivity contribution in [3.63, 3.8) is 0 Å². The molecule has 0 aromatic heterocycles. The zero-order valence-electron chi connectivity index (χ0n) is 13.3. The SMILES string of the molecule is COC(=O)C1=C(C(=O)OC)[C@@]2(O[Si](C)(C)C)O[C@@H](C)C[C@@H]12. The summed E-state index contributed by atoms with van der Waals surface area (Å²) in [5.41, 5.74) is 0.487. The van der Waals surface area contributed by atoms with Crippen molar-refractivity contribution in [1.82, 2.24) is 0 Å². The molecular weight excluding hydrogens is 292 g/mol. The Kier molecular flexibility index (Phi) is 4.03. The summed E-state index contributed by atoms with van der Waals surface area (Å²) in [7, 11) is 0.562. The predicted octanol–water partition coefficient (Wildman–Crippen LogP) is 1.62. The second-order valence-electron chi connectivity index (χ2n) is 6.37. The second kappa shape index (κ2) is 5.22. The highest BCUT2D eigenvalue weighted by Crippen LogP contribution is 2.57. The van der Waals surface area contributed by atoms with Crippen LogP contribution in [0.2, 0.25) is 19.6 Å². The van der Waals surface area contributed by atoms with E-state index in [0.717, 1.165) is 0 Å². The molecule has 3 atom stereocenters. The van der Waals surface area contributed by atoms with Crippen LogP contribution in [0.3, 0.4) is 0 Å². The maximum atomic E-state index is 12.1. The van der Waals surface area contributed by atoms with Gasteiger partial charge in [-0.25, -0.2) is 9.59 Å². The van der Waals surface area contributed by atoms with Crippen LogP contribution in [0.15, 0.2) is 11.1 Å². The lowest BCUT2D eigenvalue weighted by Gasteiger charge is -2.47. The van der Waals surface area contributed by atoms with Gasteiger partial charge in [0.1, 0.15) is 5.57 Å². The van der Waals surface area contributed by atoms with Crippen LogP contribution in [-0.4, -0.2) is 46.4 Å². The highest BCUT2D eigenvalue weighted by molar-refractivity contribution is 6.69. The van der Waals surface area contributed by atoms with Crippen LogP contribution in [0.5, 0.6) is 0 Å². The van der Waals surface area contributed by atoms with E-state index in [9.17, 15) is 9.59 Å². The fraction of sp³-hybridized carbons (Fsp3) is 0.714. The molecule has 1 saturated heterocycles. The Morgan fingerprint density at radius 2 is 1.76 bits per heavy atom. The molecule has 0 aromatic carbocycles. The normalized spacial score (nSPS) is 31.5. The van der Waals surface area contributed by atoms with Crippen molar-refractivity contribution in [2.45, 2.75) is 44.9 Å². The molecule has 2 aliphatic rings. The quantitative estimate of drug-likeness (QED) is 0.580. The van der Waals surface area contributed by atoms with Crippen LogP contribution >= 0.6 is 0 Å². The van der Waals surface area contributed by atoms with Crippen molar-refractivity contribution in [2.75, 3.05) is 14.2 Å². The molecule has 1 aliphatic heterocycles. The molecule has 21 heavy (non-hydrogen) atoms. The van der Waals surface area contributed by atoms with Gasteiger partial charge in [0.05, 0.1) is 31.8 Å². The topological polar surface area (TPSA) is 71.1 Å². The fourth-order valence-corrected chi connectivity index (χ4v) is 4.25. The molecule has 118 valence electrons. The zero-order valence-corrected chi connectivity index (χ0v) is 14.3. The number of methoxy groups -OCH3 is 2. The van der Waals surface area contributed by atoms with E-state index in [1.165, 1.54) is 14.2 Å². The fourth-order valence-electron chi connectivity index (χ4n) is 3.05. The number of esters is 2. The van der Waals surface area contributed by atoms with Gasteiger partial charge in [0.2, 0.25) is 5.79 Å². The van der Waals surface area contributed by atoms with Crippen molar-refractivity contribution in [2.24, 2.45) is 5.92 Å². The number of carbonyl (C=O) groups is 2. The summed E-state index contributed by atoms with van der Waals surface area (Å²) in [6.07, 6.45) is 0.517. The Hall–Kier alpha value is -1.18. The summed E-state index contributed by atoms with van der Waals surface area (Å²) in [6, 6.07) is 0. The average Bonchev–Trinajstić information content (AvgIpc) is 2.62. The largest absolute Gasteiger partial charge is 0.466 e. The summed E-state index contributed by atoms with van der Waals surface area (Å²) in [5, 5.41) is 0. The van der Waals surface area contributed by atoms with E-state index in [1.807, 2.05) is 26.6 Å². The molecule has 6 nitrogen and oxygen atoms in total. The second-order valence-corrected chi connectivity index (χ2v) is 10.8. The van der Waals surface area contributed by atoms with Crippen LogP contribution in [0.4, 0.5) is 0 Å². The predicted molar refractivity (Wildman–Crippen MR) is 76.9 cm³/mol. The van der Waals surface area contributed by atoms with Gasteiger partial charge in [-0.15, -0.1) is 0 Å². The Morgan fingerprint density at radius 3 is 2.24 bits per heavy atom. The Labute approximate surface area is 125 Å². The van der Waals surface area contributed by atoms with Gasteiger partial charge in [-0.05, 0) is 33.0 Å². The minimum Gasteiger partial charge on any atom is -0.466 e. The molecule has 0 saturated carbocycles. The summed E-state index contributed by atoms with van der Waals surface area (Å²) in [4.78, 5) is 24.1. The lowest BCUT2D eigenvalue weighted by Crippen LogP contribution is -2.58. The first kappa shape index (κ1) is 16.2. The van der Waals surface area contributed by atoms with E-state index in [2.05, 4.69) is 0 Å². The van der Waals surface area contributed by atoms with Gasteiger partial charge >= 0.3 is 11.9 Å². The molecule has 0 bridgehead atoms. The number of hydrogen-bond donors (Lipinski definition) is 0. The molecule has 0 N–H and O–H groups in total. The van der Waals surface area contributed by atoms with Crippen molar-refractivity contribution >= 4 is 20.3 Å². The number of rotatable bonds is 4. The lowest BCUT2D eigenvalue weighted by atomic mass is 9.70. The maximum Gasteiger partial charge on any atom is 0.339 e. The standard InChI is InChI=1S/C14H22O6Si/c1-8-7-9-10(12(15)17-2)11(13(16)18-3)14(9,19-8)20-21(4,5)6/h8-9H,7H2,1-6H3/t8-,9-,14+/m0/s1. The van der Waals surface area contributed by atoms with Gasteiger partial charge < -0.3 is 18.6 Å². The van der Waals surface area contributed by atoms with Crippen molar-refractivity contribution in [1.29, 1.82) is 0 Å². The highest BCUT2D eigenvalue weighted by Gasteiger charge is 2.67. The monoisotopic (exact) mass is 314 g/mol. The number of hydrogen-bond acceptors (Lipinski definition) is 6. The molecule has 1 fully saturated rings. The first-order valence-corrected chi connectivity index (χ1v) is 10.4. The van der Waals surface area contributed by atoms with E-state index >= 15 is 0 Å². The summed E-state index contributed by atoms with van der Waals surface area (Å²) in [5.74, 6) is -2.55. The molecule has 0 amide bonds. The number of fused-ring (bicyclic) bond motifs is 1. The molecule has 7 heteroatoms. The van der Waals surface area contributed by atoms with E-state index in [-0.39, 0.29) is 17.6 Å². The zero-order chi connectivity index (χ0) is 16.0. The molecule has 0 spiro atoms. The Balaban J connectivity index is 2.51. The van der Waals surface area contributed by atoms with Crippen molar-refractivity contribution < 1.29 is 28.2 Å². The smallest absolute Gasteiger partial charge is 0.339 e. The van der Waals surface area contributed by atoms with Gasteiger partial charge in [-0.1, -0.05) is 0 Å². The van der Waals surface area contributed by atoms with Gasteiger partial charge in [0, 0.05) is 0 Å². The van der Waals surface area contributed by atoms with E-state index < -0.39 is 26.0 Å². The molecule has 1 aliphatic carbocycles. The number of carbonyl (C=O) groups excluding carboxylic acids is 2. The minimum atomic E-state index is -2.01.